The van der Waals surface area contributed by atoms with Crippen LogP contribution in [0, 0.1) is 23.7 Å². The highest BCUT2D eigenvalue weighted by Gasteiger charge is 2.31. The number of nitrogens with two attached hydrogens (primary N) is 1. The molecular formula is C14H28N2. The Kier molecular flexibility index (Phi) is 4.26. The van der Waals surface area contributed by atoms with Crippen LogP contribution in [0.2, 0.25) is 0 Å². The lowest BCUT2D eigenvalue weighted by Crippen LogP contribution is -2.36. The minimum atomic E-state index is 0.806. The third-order valence-corrected chi connectivity index (χ3v) is 4.93. The van der Waals surface area contributed by atoms with E-state index in [0.717, 1.165) is 30.2 Å². The van der Waals surface area contributed by atoms with Crippen LogP contribution in [-0.2, 0) is 0 Å². The molecule has 94 valence electrons. The first-order valence-corrected chi connectivity index (χ1v) is 7.13. The Hall–Kier alpha value is -0.0800. The van der Waals surface area contributed by atoms with Crippen molar-refractivity contribution in [3.05, 3.63) is 0 Å². The van der Waals surface area contributed by atoms with Crippen LogP contribution in [0.4, 0.5) is 0 Å². The molecule has 0 aromatic heterocycles. The maximum Gasteiger partial charge on any atom is 0.00130 e. The van der Waals surface area contributed by atoms with Crippen LogP contribution in [0.1, 0.15) is 39.5 Å². The standard InChI is InChI=1S/C14H28N2/c1-11-8-16(9-12(11)2)10-14-6-4-3-5-13(14)7-15/h11-14H,3-10,15H2,1-2H3. The largest absolute Gasteiger partial charge is 0.330 e. The van der Waals surface area contributed by atoms with Crippen molar-refractivity contribution in [2.24, 2.45) is 29.4 Å². The van der Waals surface area contributed by atoms with Gasteiger partial charge in [0.05, 0.1) is 0 Å². The van der Waals surface area contributed by atoms with Crippen LogP contribution >= 0.6 is 0 Å². The van der Waals surface area contributed by atoms with E-state index in [0.29, 0.717) is 0 Å². The highest BCUT2D eigenvalue weighted by Crippen LogP contribution is 2.32. The monoisotopic (exact) mass is 224 g/mol. The molecule has 0 radical (unpaired) electrons. The van der Waals surface area contributed by atoms with Gasteiger partial charge in [0.1, 0.15) is 0 Å². The molecule has 0 aromatic rings. The van der Waals surface area contributed by atoms with Crippen LogP contribution < -0.4 is 5.73 Å². The fraction of sp³-hybridized carbons (Fsp3) is 1.00. The summed E-state index contributed by atoms with van der Waals surface area (Å²) in [5, 5.41) is 0. The summed E-state index contributed by atoms with van der Waals surface area (Å²) in [5.74, 6) is 3.47. The second-order valence-corrected chi connectivity index (χ2v) is 6.21. The average Bonchev–Trinajstić information content (AvgIpc) is 2.59. The number of hydrogen-bond acceptors (Lipinski definition) is 2. The average molecular weight is 224 g/mol. The van der Waals surface area contributed by atoms with Gasteiger partial charge in [0.15, 0.2) is 0 Å². The fourth-order valence-corrected chi connectivity index (χ4v) is 3.56. The van der Waals surface area contributed by atoms with Gasteiger partial charge in [0.25, 0.3) is 0 Å². The van der Waals surface area contributed by atoms with E-state index >= 15 is 0 Å². The third-order valence-electron chi connectivity index (χ3n) is 4.93. The molecule has 2 rings (SSSR count). The Morgan fingerprint density at radius 2 is 1.56 bits per heavy atom. The number of hydrogen-bond donors (Lipinski definition) is 1. The van der Waals surface area contributed by atoms with Gasteiger partial charge >= 0.3 is 0 Å². The smallest absolute Gasteiger partial charge is 0.00130 e. The van der Waals surface area contributed by atoms with Gasteiger partial charge in [-0.25, -0.2) is 0 Å². The predicted molar refractivity (Wildman–Crippen MR) is 69.3 cm³/mol. The number of rotatable bonds is 3. The minimum Gasteiger partial charge on any atom is -0.330 e. The first kappa shape index (κ1) is 12.4. The Bertz CT molecular complexity index is 207. The molecule has 2 N–H and O–H groups in total. The maximum atomic E-state index is 5.90. The van der Waals surface area contributed by atoms with Crippen molar-refractivity contribution in [2.75, 3.05) is 26.2 Å². The van der Waals surface area contributed by atoms with Gasteiger partial charge in [0, 0.05) is 19.6 Å². The Labute approximate surface area is 101 Å². The molecule has 2 heteroatoms. The van der Waals surface area contributed by atoms with Crippen LogP contribution in [0.3, 0.4) is 0 Å². The number of nitrogens with zero attached hydrogens (tertiary/aromatic N) is 1. The zero-order valence-corrected chi connectivity index (χ0v) is 11.0. The molecule has 1 heterocycles. The van der Waals surface area contributed by atoms with E-state index in [2.05, 4.69) is 18.7 Å². The summed E-state index contributed by atoms with van der Waals surface area (Å²) in [6.07, 6.45) is 5.63. The van der Waals surface area contributed by atoms with Gasteiger partial charge in [-0.05, 0) is 43.1 Å². The van der Waals surface area contributed by atoms with Crippen molar-refractivity contribution in [1.82, 2.24) is 4.90 Å². The van der Waals surface area contributed by atoms with Crippen molar-refractivity contribution < 1.29 is 0 Å². The molecule has 0 amide bonds. The molecule has 4 atom stereocenters. The first-order chi connectivity index (χ1) is 7.70. The molecule has 1 saturated heterocycles. The lowest BCUT2D eigenvalue weighted by Gasteiger charge is -2.33. The highest BCUT2D eigenvalue weighted by molar-refractivity contribution is 4.84. The van der Waals surface area contributed by atoms with Crippen molar-refractivity contribution >= 4 is 0 Å². The lowest BCUT2D eigenvalue weighted by molar-refractivity contribution is 0.170. The predicted octanol–water partition coefficient (Wildman–Crippen LogP) is 2.34. The van der Waals surface area contributed by atoms with Gasteiger partial charge in [0.2, 0.25) is 0 Å². The van der Waals surface area contributed by atoms with E-state index in [1.807, 2.05) is 0 Å². The third kappa shape index (κ3) is 2.78. The molecule has 0 bridgehead atoms. The second kappa shape index (κ2) is 5.50. The zero-order valence-electron chi connectivity index (χ0n) is 11.0. The summed E-state index contributed by atoms with van der Waals surface area (Å²) in [5.41, 5.74) is 5.90. The summed E-state index contributed by atoms with van der Waals surface area (Å²) >= 11 is 0. The van der Waals surface area contributed by atoms with Gasteiger partial charge < -0.3 is 10.6 Å². The van der Waals surface area contributed by atoms with E-state index < -0.39 is 0 Å². The highest BCUT2D eigenvalue weighted by atomic mass is 15.2. The van der Waals surface area contributed by atoms with Gasteiger partial charge in [-0.2, -0.15) is 0 Å². The SMILES string of the molecule is CC1CN(CC2CCCCC2CN)CC1C. The molecule has 2 fully saturated rings. The molecule has 0 spiro atoms. The molecular weight excluding hydrogens is 196 g/mol. The molecule has 2 nitrogen and oxygen atoms in total. The summed E-state index contributed by atoms with van der Waals surface area (Å²) in [7, 11) is 0. The molecule has 0 aromatic carbocycles. The first-order valence-electron chi connectivity index (χ1n) is 7.13. The second-order valence-electron chi connectivity index (χ2n) is 6.21. The molecule has 1 aliphatic carbocycles. The van der Waals surface area contributed by atoms with E-state index in [4.69, 9.17) is 5.73 Å². The van der Waals surface area contributed by atoms with Crippen LogP contribution in [0.15, 0.2) is 0 Å². The van der Waals surface area contributed by atoms with Crippen LogP contribution in [0.5, 0.6) is 0 Å². The summed E-state index contributed by atoms with van der Waals surface area (Å²) in [4.78, 5) is 2.69. The summed E-state index contributed by atoms with van der Waals surface area (Å²) < 4.78 is 0. The maximum absolute atomic E-state index is 5.90. The molecule has 16 heavy (non-hydrogen) atoms. The van der Waals surface area contributed by atoms with Gasteiger partial charge in [-0.15, -0.1) is 0 Å². The molecule has 1 aliphatic heterocycles. The zero-order chi connectivity index (χ0) is 11.5. The van der Waals surface area contributed by atoms with Gasteiger partial charge in [-0.1, -0.05) is 26.7 Å². The van der Waals surface area contributed by atoms with Crippen molar-refractivity contribution in [3.8, 4) is 0 Å². The normalized spacial score (nSPS) is 41.4. The molecule has 1 saturated carbocycles. The lowest BCUT2D eigenvalue weighted by atomic mass is 9.79. The Morgan fingerprint density at radius 1 is 1.00 bits per heavy atom. The van der Waals surface area contributed by atoms with Crippen molar-refractivity contribution in [3.63, 3.8) is 0 Å². The van der Waals surface area contributed by atoms with Gasteiger partial charge in [-0.3, -0.25) is 0 Å². The van der Waals surface area contributed by atoms with Crippen molar-refractivity contribution in [1.29, 1.82) is 0 Å². The minimum absolute atomic E-state index is 0.806. The van der Waals surface area contributed by atoms with E-state index in [1.165, 1.54) is 45.3 Å². The number of likely N-dealkylation sites (tertiary alicyclic amines) is 1. The van der Waals surface area contributed by atoms with Crippen LogP contribution in [-0.4, -0.2) is 31.1 Å². The quantitative estimate of drug-likeness (QED) is 0.797. The van der Waals surface area contributed by atoms with E-state index in [9.17, 15) is 0 Å². The van der Waals surface area contributed by atoms with Crippen molar-refractivity contribution in [2.45, 2.75) is 39.5 Å². The summed E-state index contributed by atoms with van der Waals surface area (Å²) in [6.45, 7) is 9.64. The van der Waals surface area contributed by atoms with E-state index in [1.54, 1.807) is 0 Å². The molecule has 4 unspecified atom stereocenters. The van der Waals surface area contributed by atoms with E-state index in [-0.39, 0.29) is 0 Å². The fourth-order valence-electron chi connectivity index (χ4n) is 3.56. The van der Waals surface area contributed by atoms with Crippen LogP contribution in [0.25, 0.3) is 0 Å². The summed E-state index contributed by atoms with van der Waals surface area (Å²) in [6, 6.07) is 0. The Morgan fingerprint density at radius 3 is 2.12 bits per heavy atom. The Balaban J connectivity index is 1.84. The topological polar surface area (TPSA) is 29.3 Å². The molecule has 2 aliphatic rings.